The van der Waals surface area contributed by atoms with Crippen molar-refractivity contribution in [3.63, 3.8) is 0 Å². The van der Waals surface area contributed by atoms with Gasteiger partial charge in [0.1, 0.15) is 0 Å². The lowest BCUT2D eigenvalue weighted by Gasteiger charge is -2.26. The summed E-state index contributed by atoms with van der Waals surface area (Å²) in [6.07, 6.45) is 4.17. The molecule has 1 aromatic carbocycles. The molecule has 0 amide bonds. The number of nitrogens with zero attached hydrogens (tertiary/aromatic N) is 2. The van der Waals surface area contributed by atoms with E-state index < -0.39 is 10.9 Å². The number of aryl methyl sites for hydroxylation is 1. The fraction of sp³-hybridized carbons (Fsp3) is 0.294. The highest BCUT2D eigenvalue weighted by Gasteiger charge is 2.25. The number of hydrogen-bond donors (Lipinski definition) is 1. The maximum Gasteiger partial charge on any atom is 0.339 e. The summed E-state index contributed by atoms with van der Waals surface area (Å²) in [6, 6.07) is 9.21. The first-order valence-electron chi connectivity index (χ1n) is 7.67. The SMILES string of the molecule is COC(=O)c1cnc(NC2CCCc3ccccc32)c([N+](=O)[O-])c1. The van der Waals surface area contributed by atoms with Crippen molar-refractivity contribution in [1.82, 2.24) is 4.98 Å². The molecule has 1 aliphatic rings. The Bertz CT molecular complexity index is 791. The van der Waals surface area contributed by atoms with Crippen molar-refractivity contribution in [3.05, 3.63) is 63.3 Å². The normalized spacial score (nSPS) is 16.1. The van der Waals surface area contributed by atoms with Crippen molar-refractivity contribution in [2.45, 2.75) is 25.3 Å². The smallest absolute Gasteiger partial charge is 0.339 e. The van der Waals surface area contributed by atoms with Gasteiger partial charge in [-0.25, -0.2) is 9.78 Å². The second-order valence-electron chi connectivity index (χ2n) is 5.63. The number of pyridine rings is 1. The van der Waals surface area contributed by atoms with E-state index >= 15 is 0 Å². The molecule has 1 aliphatic carbocycles. The topological polar surface area (TPSA) is 94.4 Å². The number of esters is 1. The van der Waals surface area contributed by atoms with Crippen LogP contribution in [0.2, 0.25) is 0 Å². The van der Waals surface area contributed by atoms with Gasteiger partial charge < -0.3 is 10.1 Å². The van der Waals surface area contributed by atoms with Gasteiger partial charge in [0.2, 0.25) is 5.82 Å². The molecule has 124 valence electrons. The van der Waals surface area contributed by atoms with Gasteiger partial charge in [0, 0.05) is 12.3 Å². The van der Waals surface area contributed by atoms with E-state index in [0.717, 1.165) is 24.8 Å². The molecule has 1 N–H and O–H groups in total. The maximum atomic E-state index is 11.5. The van der Waals surface area contributed by atoms with E-state index in [4.69, 9.17) is 0 Å². The van der Waals surface area contributed by atoms with E-state index in [9.17, 15) is 14.9 Å². The van der Waals surface area contributed by atoms with Crippen molar-refractivity contribution in [1.29, 1.82) is 0 Å². The molecule has 1 aromatic heterocycles. The zero-order valence-corrected chi connectivity index (χ0v) is 13.2. The number of nitro groups is 1. The summed E-state index contributed by atoms with van der Waals surface area (Å²) in [5.41, 5.74) is 2.20. The van der Waals surface area contributed by atoms with Gasteiger partial charge in [0.05, 0.1) is 23.6 Å². The third kappa shape index (κ3) is 3.05. The quantitative estimate of drug-likeness (QED) is 0.526. The summed E-state index contributed by atoms with van der Waals surface area (Å²) in [4.78, 5) is 26.4. The van der Waals surface area contributed by atoms with Gasteiger partial charge >= 0.3 is 11.7 Å². The van der Waals surface area contributed by atoms with Gasteiger partial charge in [-0.3, -0.25) is 10.1 Å². The van der Waals surface area contributed by atoms with E-state index in [0.29, 0.717) is 0 Å². The van der Waals surface area contributed by atoms with Crippen LogP contribution < -0.4 is 5.32 Å². The number of ether oxygens (including phenoxy) is 1. The highest BCUT2D eigenvalue weighted by atomic mass is 16.6. The highest BCUT2D eigenvalue weighted by molar-refractivity contribution is 5.90. The number of anilines is 1. The standard InChI is InChI=1S/C17H17N3O4/c1-24-17(21)12-9-15(20(22)23)16(18-10-12)19-14-8-4-6-11-5-2-3-7-13(11)14/h2-3,5,7,9-10,14H,4,6,8H2,1H3,(H,18,19). The molecule has 0 radical (unpaired) electrons. The van der Waals surface area contributed by atoms with E-state index in [-0.39, 0.29) is 23.1 Å². The number of carbonyl (C=O) groups is 1. The number of nitrogens with one attached hydrogen (secondary N) is 1. The molecule has 7 nitrogen and oxygen atoms in total. The van der Waals surface area contributed by atoms with Crippen molar-refractivity contribution >= 4 is 17.5 Å². The van der Waals surface area contributed by atoms with Crippen LogP contribution >= 0.6 is 0 Å². The lowest BCUT2D eigenvalue weighted by Crippen LogP contribution is -2.19. The van der Waals surface area contributed by atoms with E-state index in [1.54, 1.807) is 0 Å². The summed E-state index contributed by atoms with van der Waals surface area (Å²) in [6.45, 7) is 0. The van der Waals surface area contributed by atoms with Crippen molar-refractivity contribution < 1.29 is 14.5 Å². The van der Waals surface area contributed by atoms with Crippen molar-refractivity contribution in [2.24, 2.45) is 0 Å². The molecule has 24 heavy (non-hydrogen) atoms. The lowest BCUT2D eigenvalue weighted by molar-refractivity contribution is -0.384. The molecular weight excluding hydrogens is 310 g/mol. The fourth-order valence-electron chi connectivity index (χ4n) is 3.00. The minimum absolute atomic E-state index is 0.0369. The first-order chi connectivity index (χ1) is 11.6. The van der Waals surface area contributed by atoms with Gasteiger partial charge in [-0.1, -0.05) is 24.3 Å². The maximum absolute atomic E-state index is 11.5. The molecule has 0 saturated carbocycles. The predicted octanol–water partition coefficient (Wildman–Crippen LogP) is 3.27. The lowest BCUT2D eigenvalue weighted by atomic mass is 9.88. The molecule has 1 atom stereocenters. The molecule has 0 bridgehead atoms. The van der Waals surface area contributed by atoms with Gasteiger partial charge in [0.15, 0.2) is 0 Å². The van der Waals surface area contributed by atoms with Crippen LogP contribution in [0, 0.1) is 10.1 Å². The minimum atomic E-state index is -0.653. The number of methoxy groups -OCH3 is 1. The Labute approximate surface area is 138 Å². The van der Waals surface area contributed by atoms with E-state index in [1.165, 1.54) is 24.9 Å². The molecule has 0 saturated heterocycles. The summed E-state index contributed by atoms with van der Waals surface area (Å²) >= 11 is 0. The molecule has 3 rings (SSSR count). The van der Waals surface area contributed by atoms with Gasteiger partial charge in [-0.15, -0.1) is 0 Å². The molecule has 7 heteroatoms. The zero-order chi connectivity index (χ0) is 17.1. The average molecular weight is 327 g/mol. The molecule has 1 unspecified atom stereocenters. The Hall–Kier alpha value is -2.96. The highest BCUT2D eigenvalue weighted by Crippen LogP contribution is 2.34. The van der Waals surface area contributed by atoms with Crippen LogP contribution in [-0.2, 0) is 11.2 Å². The summed E-state index contributed by atoms with van der Waals surface area (Å²) in [5.74, 6) is -0.491. The van der Waals surface area contributed by atoms with Crippen LogP contribution in [0.1, 0.15) is 40.4 Å². The van der Waals surface area contributed by atoms with Crippen LogP contribution in [0.15, 0.2) is 36.5 Å². The largest absolute Gasteiger partial charge is 0.465 e. The number of hydrogen-bond acceptors (Lipinski definition) is 6. The van der Waals surface area contributed by atoms with Crippen LogP contribution in [0.5, 0.6) is 0 Å². The minimum Gasteiger partial charge on any atom is -0.465 e. The molecule has 1 heterocycles. The van der Waals surface area contributed by atoms with E-state index in [1.807, 2.05) is 18.2 Å². The second kappa shape index (κ2) is 6.66. The molecule has 2 aromatic rings. The molecule has 0 aliphatic heterocycles. The third-order valence-corrected chi connectivity index (χ3v) is 4.17. The number of benzene rings is 1. The molecule has 0 spiro atoms. The van der Waals surface area contributed by atoms with E-state index in [2.05, 4.69) is 21.1 Å². The Morgan fingerprint density at radius 2 is 2.21 bits per heavy atom. The zero-order valence-electron chi connectivity index (χ0n) is 13.2. The van der Waals surface area contributed by atoms with Gasteiger partial charge in [-0.2, -0.15) is 0 Å². The van der Waals surface area contributed by atoms with Crippen LogP contribution in [-0.4, -0.2) is 23.0 Å². The van der Waals surface area contributed by atoms with Crippen LogP contribution in [0.3, 0.4) is 0 Å². The van der Waals surface area contributed by atoms with Gasteiger partial charge in [-0.05, 0) is 30.4 Å². The Morgan fingerprint density at radius 3 is 2.96 bits per heavy atom. The number of rotatable bonds is 4. The average Bonchev–Trinajstić information content (AvgIpc) is 2.61. The number of aromatic nitrogens is 1. The second-order valence-corrected chi connectivity index (χ2v) is 5.63. The monoisotopic (exact) mass is 327 g/mol. The van der Waals surface area contributed by atoms with Crippen LogP contribution in [0.4, 0.5) is 11.5 Å². The fourth-order valence-corrected chi connectivity index (χ4v) is 3.00. The predicted molar refractivity (Wildman–Crippen MR) is 88.0 cm³/mol. The third-order valence-electron chi connectivity index (χ3n) is 4.17. The summed E-state index contributed by atoms with van der Waals surface area (Å²) in [7, 11) is 1.22. The first kappa shape index (κ1) is 15.9. The van der Waals surface area contributed by atoms with Gasteiger partial charge in [0.25, 0.3) is 0 Å². The van der Waals surface area contributed by atoms with Crippen molar-refractivity contribution in [3.8, 4) is 0 Å². The number of carbonyl (C=O) groups excluding carboxylic acids is 1. The first-order valence-corrected chi connectivity index (χ1v) is 7.67. The Balaban J connectivity index is 1.93. The van der Waals surface area contributed by atoms with Crippen LogP contribution in [0.25, 0.3) is 0 Å². The Kier molecular flexibility index (Phi) is 4.41. The van der Waals surface area contributed by atoms with Crippen molar-refractivity contribution in [2.75, 3.05) is 12.4 Å². The molecule has 0 fully saturated rings. The summed E-state index contributed by atoms with van der Waals surface area (Å²) < 4.78 is 4.59. The molecular formula is C17H17N3O4. The Morgan fingerprint density at radius 1 is 1.42 bits per heavy atom. The summed E-state index contributed by atoms with van der Waals surface area (Å²) in [5, 5.41) is 14.5. The number of fused-ring (bicyclic) bond motifs is 1.